The lowest BCUT2D eigenvalue weighted by atomic mass is 10.1. The Labute approximate surface area is 128 Å². The van der Waals surface area contributed by atoms with Gasteiger partial charge in [0.25, 0.3) is 0 Å². The number of carbonyl (C=O) groups excluding carboxylic acids is 2. The lowest BCUT2D eigenvalue weighted by Crippen LogP contribution is -2.15. The van der Waals surface area contributed by atoms with Crippen LogP contribution in [0.2, 0.25) is 0 Å². The molecule has 1 aromatic carbocycles. The van der Waals surface area contributed by atoms with Crippen LogP contribution in [0, 0.1) is 6.92 Å². The van der Waals surface area contributed by atoms with E-state index in [1.807, 2.05) is 24.4 Å². The van der Waals surface area contributed by atoms with Crippen molar-refractivity contribution in [3.63, 3.8) is 0 Å². The summed E-state index contributed by atoms with van der Waals surface area (Å²) in [4.78, 5) is 34.2. The maximum absolute atomic E-state index is 10.1. The highest BCUT2D eigenvalue weighted by Gasteiger charge is 2.12. The van der Waals surface area contributed by atoms with Crippen molar-refractivity contribution in [1.82, 2.24) is 4.98 Å². The number of aryl methyl sites for hydroxylation is 1. The minimum absolute atomic E-state index is 0.428. The average molecular weight is 299 g/mol. The Morgan fingerprint density at radius 1 is 1.05 bits per heavy atom. The molecule has 5 heteroatoms. The van der Waals surface area contributed by atoms with Crippen LogP contribution < -0.4 is 0 Å². The molecule has 0 saturated carbocycles. The Morgan fingerprint density at radius 3 is 2.09 bits per heavy atom. The van der Waals surface area contributed by atoms with E-state index in [1.165, 1.54) is 18.1 Å². The van der Waals surface area contributed by atoms with Crippen LogP contribution in [0.5, 0.6) is 0 Å². The SMILES string of the molecule is CC(=O)CC(=O)C(=O)O.Cc1ccc(-c2ccccn2)cc1. The topological polar surface area (TPSA) is 84.3 Å². The van der Waals surface area contributed by atoms with Gasteiger partial charge in [0, 0.05) is 11.8 Å². The molecule has 1 aromatic heterocycles. The Bertz CT molecular complexity index is 648. The van der Waals surface area contributed by atoms with Crippen LogP contribution in [0.1, 0.15) is 18.9 Å². The van der Waals surface area contributed by atoms with Crippen molar-refractivity contribution in [2.45, 2.75) is 20.3 Å². The number of hydrogen-bond acceptors (Lipinski definition) is 4. The highest BCUT2D eigenvalue weighted by Crippen LogP contribution is 2.15. The number of pyridine rings is 1. The van der Waals surface area contributed by atoms with E-state index in [0.717, 1.165) is 5.69 Å². The largest absolute Gasteiger partial charge is 0.475 e. The molecule has 5 nitrogen and oxygen atoms in total. The highest BCUT2D eigenvalue weighted by molar-refractivity contribution is 6.36. The fraction of sp³-hybridized carbons (Fsp3) is 0.176. The number of carboxylic acid groups (broad SMARTS) is 1. The smallest absolute Gasteiger partial charge is 0.372 e. The zero-order chi connectivity index (χ0) is 16.5. The number of carboxylic acids is 1. The normalized spacial score (nSPS) is 9.36. The summed E-state index contributed by atoms with van der Waals surface area (Å²) in [6, 6.07) is 14.3. The number of benzene rings is 1. The molecule has 0 radical (unpaired) electrons. The average Bonchev–Trinajstić information content (AvgIpc) is 2.49. The summed E-state index contributed by atoms with van der Waals surface area (Å²) >= 11 is 0. The van der Waals surface area contributed by atoms with Crippen molar-refractivity contribution in [1.29, 1.82) is 0 Å². The van der Waals surface area contributed by atoms with Crippen LogP contribution >= 0.6 is 0 Å². The van der Waals surface area contributed by atoms with Crippen LogP contribution in [0.25, 0.3) is 11.3 Å². The number of hydrogen-bond donors (Lipinski definition) is 1. The van der Waals surface area contributed by atoms with Gasteiger partial charge >= 0.3 is 5.97 Å². The molecule has 2 rings (SSSR count). The second-order valence-corrected chi connectivity index (χ2v) is 4.69. The Balaban J connectivity index is 0.000000239. The Hall–Kier alpha value is -2.82. The summed E-state index contributed by atoms with van der Waals surface area (Å²) in [7, 11) is 0. The van der Waals surface area contributed by atoms with Gasteiger partial charge in [-0.25, -0.2) is 4.79 Å². The van der Waals surface area contributed by atoms with E-state index in [-0.39, 0.29) is 0 Å². The molecule has 2 aromatic rings. The van der Waals surface area contributed by atoms with Crippen molar-refractivity contribution in [3.8, 4) is 11.3 Å². The molecule has 0 aliphatic carbocycles. The predicted octanol–water partition coefficient (Wildman–Crippen LogP) is 2.68. The number of nitrogens with zero attached hydrogens (tertiary/aromatic N) is 1. The molecule has 0 aliphatic rings. The van der Waals surface area contributed by atoms with Gasteiger partial charge in [-0.05, 0) is 26.0 Å². The van der Waals surface area contributed by atoms with Gasteiger partial charge in [-0.3, -0.25) is 14.6 Å². The third kappa shape index (κ3) is 6.09. The fourth-order valence-electron chi connectivity index (χ4n) is 1.56. The van der Waals surface area contributed by atoms with Gasteiger partial charge in [-0.2, -0.15) is 0 Å². The van der Waals surface area contributed by atoms with Crippen molar-refractivity contribution >= 4 is 17.5 Å². The van der Waals surface area contributed by atoms with Gasteiger partial charge in [-0.1, -0.05) is 35.9 Å². The van der Waals surface area contributed by atoms with E-state index in [0.29, 0.717) is 0 Å². The summed E-state index contributed by atoms with van der Waals surface area (Å²) in [5.41, 5.74) is 3.48. The number of ketones is 2. The summed E-state index contributed by atoms with van der Waals surface area (Å²) < 4.78 is 0. The summed E-state index contributed by atoms with van der Waals surface area (Å²) in [5.74, 6) is -3.03. The van der Waals surface area contributed by atoms with Crippen molar-refractivity contribution in [3.05, 3.63) is 54.2 Å². The molecule has 0 atom stereocenters. The fourth-order valence-corrected chi connectivity index (χ4v) is 1.56. The third-order valence-electron chi connectivity index (χ3n) is 2.66. The summed E-state index contributed by atoms with van der Waals surface area (Å²) in [6.45, 7) is 3.25. The molecule has 1 N–H and O–H groups in total. The lowest BCUT2D eigenvalue weighted by molar-refractivity contribution is -0.150. The summed E-state index contributed by atoms with van der Waals surface area (Å²) in [6.07, 6.45) is 1.31. The molecular weight excluding hydrogens is 282 g/mol. The van der Waals surface area contributed by atoms with E-state index in [2.05, 4.69) is 36.2 Å². The Morgan fingerprint density at radius 2 is 1.68 bits per heavy atom. The zero-order valence-corrected chi connectivity index (χ0v) is 12.4. The second kappa shape index (κ2) is 8.46. The molecule has 0 unspecified atom stereocenters. The van der Waals surface area contributed by atoms with Gasteiger partial charge in [-0.15, -0.1) is 0 Å². The molecule has 0 spiro atoms. The van der Waals surface area contributed by atoms with Crippen molar-refractivity contribution < 1.29 is 19.5 Å². The standard InChI is InChI=1S/C12H11N.C5H6O4/c1-10-5-7-11(8-6-10)12-4-2-3-9-13-12;1-3(6)2-4(7)5(8)9/h2-9H,1H3;2H2,1H3,(H,8,9). The highest BCUT2D eigenvalue weighted by atomic mass is 16.4. The maximum atomic E-state index is 10.1. The second-order valence-electron chi connectivity index (χ2n) is 4.69. The number of aliphatic carboxylic acids is 1. The van der Waals surface area contributed by atoms with Gasteiger partial charge in [0.15, 0.2) is 0 Å². The van der Waals surface area contributed by atoms with Crippen LogP contribution in [0.3, 0.4) is 0 Å². The monoisotopic (exact) mass is 299 g/mol. The molecule has 0 aliphatic heterocycles. The van der Waals surface area contributed by atoms with E-state index >= 15 is 0 Å². The van der Waals surface area contributed by atoms with Gasteiger partial charge < -0.3 is 5.11 Å². The number of Topliss-reactive ketones (excluding diaryl/α,β-unsaturated/α-hetero) is 2. The summed E-state index contributed by atoms with van der Waals surface area (Å²) in [5, 5.41) is 7.93. The minimum Gasteiger partial charge on any atom is -0.475 e. The van der Waals surface area contributed by atoms with E-state index in [4.69, 9.17) is 5.11 Å². The first-order valence-corrected chi connectivity index (χ1v) is 6.63. The molecular formula is C17H17NO4. The van der Waals surface area contributed by atoms with Crippen LogP contribution in [0.4, 0.5) is 0 Å². The number of carbonyl (C=O) groups is 3. The third-order valence-corrected chi connectivity index (χ3v) is 2.66. The van der Waals surface area contributed by atoms with E-state index in [9.17, 15) is 14.4 Å². The first kappa shape index (κ1) is 17.2. The number of rotatable bonds is 4. The molecule has 0 amide bonds. The van der Waals surface area contributed by atoms with Crippen molar-refractivity contribution in [2.24, 2.45) is 0 Å². The first-order chi connectivity index (χ1) is 10.4. The van der Waals surface area contributed by atoms with Gasteiger partial charge in [0.05, 0.1) is 12.1 Å². The molecule has 0 bridgehead atoms. The zero-order valence-electron chi connectivity index (χ0n) is 12.4. The molecule has 1 heterocycles. The van der Waals surface area contributed by atoms with Crippen LogP contribution in [-0.2, 0) is 14.4 Å². The lowest BCUT2D eigenvalue weighted by Gasteiger charge is -1.99. The quantitative estimate of drug-likeness (QED) is 0.693. The minimum atomic E-state index is -1.55. The van der Waals surface area contributed by atoms with E-state index in [1.54, 1.807) is 0 Å². The number of aromatic nitrogens is 1. The first-order valence-electron chi connectivity index (χ1n) is 6.63. The molecule has 0 saturated heterocycles. The van der Waals surface area contributed by atoms with Gasteiger partial charge in [0.1, 0.15) is 5.78 Å². The van der Waals surface area contributed by atoms with Crippen LogP contribution in [-0.4, -0.2) is 27.6 Å². The van der Waals surface area contributed by atoms with Crippen molar-refractivity contribution in [2.75, 3.05) is 0 Å². The molecule has 0 fully saturated rings. The predicted molar refractivity (Wildman–Crippen MR) is 82.4 cm³/mol. The van der Waals surface area contributed by atoms with Crippen LogP contribution in [0.15, 0.2) is 48.7 Å². The molecule has 22 heavy (non-hydrogen) atoms. The Kier molecular flexibility index (Phi) is 6.63. The van der Waals surface area contributed by atoms with E-state index < -0.39 is 24.0 Å². The maximum Gasteiger partial charge on any atom is 0.372 e. The van der Waals surface area contributed by atoms with Gasteiger partial charge in [0.2, 0.25) is 5.78 Å². The molecule has 114 valence electrons.